The molecule has 156 valence electrons. The number of hydrogen-bond donors (Lipinski definition) is 2. The molecule has 4 aromatic rings. The van der Waals surface area contributed by atoms with E-state index in [9.17, 15) is 9.59 Å². The van der Waals surface area contributed by atoms with Gasteiger partial charge in [0.2, 0.25) is 0 Å². The molecule has 31 heavy (non-hydrogen) atoms. The smallest absolute Gasteiger partial charge is 0.276 e. The summed E-state index contributed by atoms with van der Waals surface area (Å²) in [5.74, 6) is -0.528. The van der Waals surface area contributed by atoms with Crippen molar-refractivity contribution in [3.8, 4) is 5.69 Å². The first kappa shape index (κ1) is 20.1. The van der Waals surface area contributed by atoms with Gasteiger partial charge in [0, 0.05) is 24.6 Å². The first-order valence-electron chi connectivity index (χ1n) is 9.76. The maximum Gasteiger partial charge on any atom is 0.276 e. The van der Waals surface area contributed by atoms with E-state index >= 15 is 0 Å². The zero-order chi connectivity index (χ0) is 22.0. The Morgan fingerprint density at radius 1 is 0.806 bits per heavy atom. The zero-order valence-electron chi connectivity index (χ0n) is 17.5. The molecule has 0 atom stereocenters. The average Bonchev–Trinajstić information content (AvgIpc) is 3.33. The molecule has 4 rings (SSSR count). The van der Waals surface area contributed by atoms with Crippen molar-refractivity contribution in [3.05, 3.63) is 89.5 Å². The highest BCUT2D eigenvalue weighted by molar-refractivity contribution is 6.06. The van der Waals surface area contributed by atoms with Gasteiger partial charge >= 0.3 is 0 Å². The lowest BCUT2D eigenvalue weighted by atomic mass is 10.1. The number of amides is 2. The van der Waals surface area contributed by atoms with Crippen LogP contribution in [0.25, 0.3) is 5.69 Å². The van der Waals surface area contributed by atoms with Crippen LogP contribution in [0.15, 0.2) is 66.9 Å². The second kappa shape index (κ2) is 8.27. The molecule has 8 heteroatoms. The lowest BCUT2D eigenvalue weighted by Gasteiger charge is -2.08. The third-order valence-electron chi connectivity index (χ3n) is 4.87. The monoisotopic (exact) mass is 414 g/mol. The molecule has 0 radical (unpaired) electrons. The molecule has 2 aromatic carbocycles. The fourth-order valence-corrected chi connectivity index (χ4v) is 3.35. The lowest BCUT2D eigenvalue weighted by molar-refractivity contribution is 0.101. The summed E-state index contributed by atoms with van der Waals surface area (Å²) in [6, 6.07) is 18.2. The molecule has 0 bridgehead atoms. The summed E-state index contributed by atoms with van der Waals surface area (Å²) in [7, 11) is 1.75. The van der Waals surface area contributed by atoms with Crippen LogP contribution in [0.2, 0.25) is 0 Å². The normalized spacial score (nSPS) is 10.7. The first-order valence-corrected chi connectivity index (χ1v) is 9.76. The van der Waals surface area contributed by atoms with Gasteiger partial charge in [0.15, 0.2) is 5.69 Å². The minimum absolute atomic E-state index is 0.234. The van der Waals surface area contributed by atoms with Gasteiger partial charge in [0.05, 0.1) is 22.6 Å². The summed E-state index contributed by atoms with van der Waals surface area (Å²) in [6.07, 6.45) is 1.71. The van der Waals surface area contributed by atoms with Crippen molar-refractivity contribution in [1.82, 2.24) is 19.6 Å². The molecular formula is C23H22N6O2. The number of rotatable bonds is 5. The van der Waals surface area contributed by atoms with E-state index in [2.05, 4.69) is 20.8 Å². The molecule has 0 aliphatic heterocycles. The van der Waals surface area contributed by atoms with Crippen LogP contribution in [0.5, 0.6) is 0 Å². The fraction of sp³-hybridized carbons (Fsp3) is 0.130. The first-order chi connectivity index (χ1) is 14.9. The Labute approximate surface area is 179 Å². The Morgan fingerprint density at radius 3 is 2.00 bits per heavy atom. The molecule has 0 saturated heterocycles. The average molecular weight is 414 g/mol. The molecule has 0 unspecified atom stereocenters. The summed E-state index contributed by atoms with van der Waals surface area (Å²) in [4.78, 5) is 25.1. The van der Waals surface area contributed by atoms with Gasteiger partial charge in [-0.05, 0) is 56.3 Å². The summed E-state index contributed by atoms with van der Waals surface area (Å²) >= 11 is 0. The molecule has 0 fully saturated rings. The van der Waals surface area contributed by atoms with Gasteiger partial charge < -0.3 is 10.6 Å². The molecular weight excluding hydrogens is 392 g/mol. The van der Waals surface area contributed by atoms with Gasteiger partial charge in [0.25, 0.3) is 11.8 Å². The summed E-state index contributed by atoms with van der Waals surface area (Å²) in [5, 5.41) is 14.3. The van der Waals surface area contributed by atoms with E-state index in [4.69, 9.17) is 0 Å². The SMILES string of the molecule is Cc1nn(-c2ccccc2)c(C)c1C(=O)Nc1ccc(NC(=O)c2ccn(C)n2)cc1. The molecule has 8 nitrogen and oxygen atoms in total. The molecule has 0 aliphatic rings. The lowest BCUT2D eigenvalue weighted by Crippen LogP contribution is -2.15. The van der Waals surface area contributed by atoms with Crippen LogP contribution in [0.4, 0.5) is 11.4 Å². The number of nitrogens with zero attached hydrogens (tertiary/aromatic N) is 4. The quantitative estimate of drug-likeness (QED) is 0.520. The van der Waals surface area contributed by atoms with Crippen molar-refractivity contribution in [2.45, 2.75) is 13.8 Å². The second-order valence-corrected chi connectivity index (χ2v) is 7.15. The second-order valence-electron chi connectivity index (χ2n) is 7.15. The van der Waals surface area contributed by atoms with Gasteiger partial charge in [-0.2, -0.15) is 10.2 Å². The van der Waals surface area contributed by atoms with Crippen LogP contribution in [-0.2, 0) is 7.05 Å². The van der Waals surface area contributed by atoms with Crippen LogP contribution in [0.1, 0.15) is 32.2 Å². The third-order valence-corrected chi connectivity index (χ3v) is 4.87. The number of carbonyl (C=O) groups is 2. The zero-order valence-corrected chi connectivity index (χ0v) is 17.5. The van der Waals surface area contributed by atoms with Crippen molar-refractivity contribution >= 4 is 23.2 Å². The van der Waals surface area contributed by atoms with Gasteiger partial charge in [-0.25, -0.2) is 4.68 Å². The van der Waals surface area contributed by atoms with Crippen LogP contribution in [-0.4, -0.2) is 31.4 Å². The predicted octanol–water partition coefficient (Wildman–Crippen LogP) is 3.73. The molecule has 2 amide bonds. The van der Waals surface area contributed by atoms with Crippen LogP contribution < -0.4 is 10.6 Å². The molecule has 0 spiro atoms. The minimum Gasteiger partial charge on any atom is -0.322 e. The van der Waals surface area contributed by atoms with Crippen LogP contribution in [0.3, 0.4) is 0 Å². The summed E-state index contributed by atoms with van der Waals surface area (Å²) < 4.78 is 3.33. The van der Waals surface area contributed by atoms with E-state index < -0.39 is 0 Å². The molecule has 2 aromatic heterocycles. The Kier molecular flexibility index (Phi) is 5.36. The van der Waals surface area contributed by atoms with Gasteiger partial charge in [0.1, 0.15) is 0 Å². The van der Waals surface area contributed by atoms with Gasteiger partial charge in [-0.1, -0.05) is 18.2 Å². The highest BCUT2D eigenvalue weighted by Crippen LogP contribution is 2.20. The molecule has 0 aliphatic carbocycles. The van der Waals surface area contributed by atoms with E-state index in [0.29, 0.717) is 28.3 Å². The minimum atomic E-state index is -0.294. The maximum atomic E-state index is 12.9. The van der Waals surface area contributed by atoms with E-state index in [1.54, 1.807) is 52.9 Å². The predicted molar refractivity (Wildman–Crippen MR) is 119 cm³/mol. The maximum absolute atomic E-state index is 12.9. The van der Waals surface area contributed by atoms with Crippen molar-refractivity contribution in [2.24, 2.45) is 7.05 Å². The van der Waals surface area contributed by atoms with Crippen molar-refractivity contribution in [1.29, 1.82) is 0 Å². The topological polar surface area (TPSA) is 93.8 Å². The molecule has 2 heterocycles. The van der Waals surface area contributed by atoms with E-state index in [0.717, 1.165) is 11.4 Å². The standard InChI is InChI=1S/C23H22N6O2/c1-15-21(16(2)29(26-15)19-7-5-4-6-8-19)23(31)25-18-11-9-17(10-12-18)24-22(30)20-13-14-28(3)27-20/h4-14H,1-3H3,(H,24,30)(H,25,31). The number of anilines is 2. The third kappa shape index (κ3) is 4.23. The Balaban J connectivity index is 1.47. The van der Waals surface area contributed by atoms with Gasteiger partial charge in [-0.3, -0.25) is 14.3 Å². The number of carbonyl (C=O) groups excluding carboxylic acids is 2. The summed E-state index contributed by atoms with van der Waals surface area (Å²) in [5.41, 5.74) is 4.41. The number of aromatic nitrogens is 4. The van der Waals surface area contributed by atoms with E-state index in [1.165, 1.54) is 0 Å². The number of aryl methyl sites for hydroxylation is 2. The highest BCUT2D eigenvalue weighted by atomic mass is 16.2. The largest absolute Gasteiger partial charge is 0.322 e. The Bertz CT molecular complexity index is 1240. The van der Waals surface area contributed by atoms with E-state index in [1.807, 2.05) is 44.2 Å². The Hall–Kier alpha value is -4.20. The molecule has 0 saturated carbocycles. The van der Waals surface area contributed by atoms with Crippen molar-refractivity contribution < 1.29 is 9.59 Å². The number of hydrogen-bond acceptors (Lipinski definition) is 4. The number of benzene rings is 2. The number of nitrogens with one attached hydrogen (secondary N) is 2. The summed E-state index contributed by atoms with van der Waals surface area (Å²) in [6.45, 7) is 3.69. The van der Waals surface area contributed by atoms with E-state index in [-0.39, 0.29) is 11.8 Å². The number of para-hydroxylation sites is 1. The Morgan fingerprint density at radius 2 is 1.42 bits per heavy atom. The van der Waals surface area contributed by atoms with Crippen molar-refractivity contribution in [3.63, 3.8) is 0 Å². The van der Waals surface area contributed by atoms with Gasteiger partial charge in [-0.15, -0.1) is 0 Å². The van der Waals surface area contributed by atoms with Crippen molar-refractivity contribution in [2.75, 3.05) is 10.6 Å². The fourth-order valence-electron chi connectivity index (χ4n) is 3.35. The van der Waals surface area contributed by atoms with Crippen LogP contribution in [0, 0.1) is 13.8 Å². The molecule has 2 N–H and O–H groups in total. The van der Waals surface area contributed by atoms with Crippen LogP contribution >= 0.6 is 0 Å². The highest BCUT2D eigenvalue weighted by Gasteiger charge is 2.19.